The van der Waals surface area contributed by atoms with Crippen LogP contribution in [0.2, 0.25) is 0 Å². The Morgan fingerprint density at radius 2 is 2.09 bits per heavy atom. The van der Waals surface area contributed by atoms with E-state index in [1.165, 1.54) is 26.5 Å². The first-order valence-corrected chi connectivity index (χ1v) is 7.38. The number of aromatic nitrogens is 2. The molecule has 1 aromatic carbocycles. The maximum Gasteiger partial charge on any atom is 0.229 e. The maximum atomic E-state index is 14.4. The lowest BCUT2D eigenvalue weighted by Gasteiger charge is -2.08. The number of nitrogens with one attached hydrogen (secondary N) is 1. The van der Waals surface area contributed by atoms with Crippen LogP contribution in [0.5, 0.6) is 11.6 Å². The van der Waals surface area contributed by atoms with Crippen LogP contribution in [-0.4, -0.2) is 24.2 Å². The van der Waals surface area contributed by atoms with Crippen molar-refractivity contribution in [1.82, 2.24) is 9.97 Å². The predicted octanol–water partition coefficient (Wildman–Crippen LogP) is 4.02. The van der Waals surface area contributed by atoms with Gasteiger partial charge in [0, 0.05) is 11.6 Å². The van der Waals surface area contributed by atoms with E-state index in [4.69, 9.17) is 9.47 Å². The van der Waals surface area contributed by atoms with Gasteiger partial charge in [-0.25, -0.2) is 9.37 Å². The number of nitrogens with zero attached hydrogens (tertiary/aromatic N) is 2. The monoisotopic (exact) mass is 375 g/mol. The zero-order chi connectivity index (χ0) is 16.6. The highest BCUT2D eigenvalue weighted by Crippen LogP contribution is 2.40. The zero-order valence-electron chi connectivity index (χ0n) is 12.3. The van der Waals surface area contributed by atoms with Gasteiger partial charge in [0.2, 0.25) is 5.88 Å². The number of hydrogen-bond donors (Lipinski definition) is 1. The van der Waals surface area contributed by atoms with E-state index in [0.717, 1.165) is 0 Å². The first-order valence-electron chi connectivity index (χ1n) is 6.59. The lowest BCUT2D eigenvalue weighted by atomic mass is 10.1. The number of pyridine rings is 1. The van der Waals surface area contributed by atoms with Crippen molar-refractivity contribution in [1.29, 1.82) is 5.26 Å². The van der Waals surface area contributed by atoms with E-state index in [9.17, 15) is 9.65 Å². The molecule has 0 amide bonds. The van der Waals surface area contributed by atoms with Crippen molar-refractivity contribution in [3.8, 4) is 29.0 Å². The molecule has 0 unspecified atom stereocenters. The average Bonchev–Trinajstić information content (AvgIpc) is 2.93. The smallest absolute Gasteiger partial charge is 0.229 e. The fourth-order valence-corrected chi connectivity index (χ4v) is 3.04. The molecule has 0 saturated heterocycles. The van der Waals surface area contributed by atoms with Crippen molar-refractivity contribution in [3.05, 3.63) is 40.2 Å². The van der Waals surface area contributed by atoms with Crippen molar-refractivity contribution >= 4 is 26.8 Å². The van der Waals surface area contributed by atoms with Crippen molar-refractivity contribution < 1.29 is 13.9 Å². The molecule has 0 aliphatic rings. The quantitative estimate of drug-likeness (QED) is 0.750. The fraction of sp³-hybridized carbons (Fsp3) is 0.125. The van der Waals surface area contributed by atoms with Gasteiger partial charge >= 0.3 is 0 Å². The number of ether oxygens (including phenoxy) is 2. The molecule has 5 nitrogen and oxygen atoms in total. The summed E-state index contributed by atoms with van der Waals surface area (Å²) in [4.78, 5) is 7.22. The Kier molecular flexibility index (Phi) is 3.92. The number of hydrogen-bond acceptors (Lipinski definition) is 4. The molecule has 2 heterocycles. The molecule has 0 radical (unpaired) electrons. The van der Waals surface area contributed by atoms with Crippen molar-refractivity contribution in [2.24, 2.45) is 0 Å². The molecule has 7 heteroatoms. The number of H-pyrrole nitrogens is 1. The second kappa shape index (κ2) is 5.89. The second-order valence-corrected chi connectivity index (χ2v) is 5.47. The van der Waals surface area contributed by atoms with Crippen LogP contribution < -0.4 is 9.47 Å². The Labute approximate surface area is 139 Å². The summed E-state index contributed by atoms with van der Waals surface area (Å²) in [5.74, 6) is 0.225. The number of methoxy groups -OCH3 is 2. The van der Waals surface area contributed by atoms with Crippen molar-refractivity contribution in [2.45, 2.75) is 0 Å². The van der Waals surface area contributed by atoms with Gasteiger partial charge in [-0.1, -0.05) is 6.07 Å². The van der Waals surface area contributed by atoms with E-state index in [0.29, 0.717) is 38.3 Å². The highest BCUT2D eigenvalue weighted by molar-refractivity contribution is 9.10. The van der Waals surface area contributed by atoms with Crippen LogP contribution in [0, 0.1) is 17.1 Å². The van der Waals surface area contributed by atoms with E-state index in [-0.39, 0.29) is 5.56 Å². The van der Waals surface area contributed by atoms with E-state index in [1.807, 2.05) is 0 Å². The normalized spacial score (nSPS) is 10.6. The van der Waals surface area contributed by atoms with E-state index < -0.39 is 5.82 Å². The molecule has 0 atom stereocenters. The summed E-state index contributed by atoms with van der Waals surface area (Å²) in [7, 11) is 2.95. The largest absolute Gasteiger partial charge is 0.496 e. The molecule has 0 bridgehead atoms. The van der Waals surface area contributed by atoms with Gasteiger partial charge in [-0.15, -0.1) is 0 Å². The molecule has 0 saturated carbocycles. The summed E-state index contributed by atoms with van der Waals surface area (Å²) in [5.41, 5.74) is 1.44. The van der Waals surface area contributed by atoms with E-state index in [2.05, 4.69) is 32.0 Å². The molecule has 0 aliphatic heterocycles. The fourth-order valence-electron chi connectivity index (χ4n) is 2.47. The molecule has 0 fully saturated rings. The summed E-state index contributed by atoms with van der Waals surface area (Å²) < 4.78 is 25.3. The Hall–Kier alpha value is -2.59. The Balaban J connectivity index is 2.40. The highest BCUT2D eigenvalue weighted by Gasteiger charge is 2.22. The van der Waals surface area contributed by atoms with Crippen LogP contribution >= 0.6 is 15.9 Å². The molecular formula is C16H11BrFN3O2. The summed E-state index contributed by atoms with van der Waals surface area (Å²) >= 11 is 3.39. The second-order valence-electron chi connectivity index (χ2n) is 4.67. The molecular weight excluding hydrogens is 365 g/mol. The molecule has 116 valence electrons. The molecule has 23 heavy (non-hydrogen) atoms. The predicted molar refractivity (Wildman–Crippen MR) is 87.0 cm³/mol. The van der Waals surface area contributed by atoms with Gasteiger partial charge in [0.15, 0.2) is 0 Å². The molecule has 0 aliphatic carbocycles. The number of rotatable bonds is 3. The van der Waals surface area contributed by atoms with Gasteiger partial charge in [0.25, 0.3) is 0 Å². The minimum atomic E-state index is -0.483. The third-order valence-electron chi connectivity index (χ3n) is 3.51. The van der Waals surface area contributed by atoms with Gasteiger partial charge in [-0.2, -0.15) is 5.26 Å². The lowest BCUT2D eigenvalue weighted by molar-refractivity contribution is 0.396. The van der Waals surface area contributed by atoms with Crippen LogP contribution in [0.4, 0.5) is 4.39 Å². The third kappa shape index (κ3) is 2.32. The minimum absolute atomic E-state index is 0.202. The Morgan fingerprint density at radius 3 is 2.74 bits per heavy atom. The molecule has 3 rings (SSSR count). The van der Waals surface area contributed by atoms with Crippen molar-refractivity contribution in [3.63, 3.8) is 0 Å². The van der Waals surface area contributed by atoms with E-state index in [1.54, 1.807) is 12.1 Å². The number of nitriles is 1. The van der Waals surface area contributed by atoms with Crippen LogP contribution in [-0.2, 0) is 0 Å². The highest BCUT2D eigenvalue weighted by atomic mass is 79.9. The van der Waals surface area contributed by atoms with Gasteiger partial charge in [-0.3, -0.25) is 0 Å². The summed E-state index contributed by atoms with van der Waals surface area (Å²) in [6.45, 7) is 0. The number of benzene rings is 1. The van der Waals surface area contributed by atoms with Gasteiger partial charge < -0.3 is 14.5 Å². The zero-order valence-corrected chi connectivity index (χ0v) is 13.9. The SMILES string of the molecule is COc1cccc(F)c1-c1[nH]c2c(Br)c(OC)ncc2c1C#N. The molecule has 2 aromatic heterocycles. The molecule has 0 spiro atoms. The van der Waals surface area contributed by atoms with Crippen LogP contribution in [0.15, 0.2) is 28.9 Å². The number of halogens is 2. The number of fused-ring (bicyclic) bond motifs is 1. The van der Waals surface area contributed by atoms with Crippen LogP contribution in [0.1, 0.15) is 5.56 Å². The molecule has 1 N–H and O–H groups in total. The Morgan fingerprint density at radius 1 is 1.30 bits per heavy atom. The molecule has 3 aromatic rings. The van der Waals surface area contributed by atoms with Crippen LogP contribution in [0.3, 0.4) is 0 Å². The minimum Gasteiger partial charge on any atom is -0.496 e. The van der Waals surface area contributed by atoms with Gasteiger partial charge in [0.1, 0.15) is 22.1 Å². The maximum absolute atomic E-state index is 14.4. The third-order valence-corrected chi connectivity index (χ3v) is 4.24. The topological polar surface area (TPSA) is 70.9 Å². The summed E-state index contributed by atoms with van der Waals surface area (Å²) in [6.07, 6.45) is 1.52. The van der Waals surface area contributed by atoms with Gasteiger partial charge in [-0.05, 0) is 28.1 Å². The Bertz CT molecular complexity index is 947. The van der Waals surface area contributed by atoms with Gasteiger partial charge in [0.05, 0.1) is 36.6 Å². The summed E-state index contributed by atoms with van der Waals surface area (Å²) in [5, 5.41) is 10.1. The first-order chi connectivity index (χ1) is 11.1. The summed E-state index contributed by atoms with van der Waals surface area (Å²) in [6, 6.07) is 6.61. The first kappa shape index (κ1) is 15.3. The van der Waals surface area contributed by atoms with E-state index >= 15 is 0 Å². The van der Waals surface area contributed by atoms with Crippen LogP contribution in [0.25, 0.3) is 22.2 Å². The lowest BCUT2D eigenvalue weighted by Crippen LogP contribution is -1.93. The standard InChI is InChI=1S/C16H11BrFN3O2/c1-22-11-5-3-4-10(18)12(11)14-8(6-19)9-7-20-16(23-2)13(17)15(9)21-14/h3-5,7,21H,1-2H3. The average molecular weight is 376 g/mol. The van der Waals surface area contributed by atoms with Crippen molar-refractivity contribution in [2.75, 3.05) is 14.2 Å². The number of aromatic amines is 1.